The third-order valence-electron chi connectivity index (χ3n) is 5.92. The number of β-amino-alcohol motifs (C(OH)–C–C–N with tert-alkyl or cyclic N) is 1. The molecule has 2 aliphatic rings. The molecule has 0 radical (unpaired) electrons. The van der Waals surface area contributed by atoms with Gasteiger partial charge < -0.3 is 25.1 Å². The van der Waals surface area contributed by atoms with Crippen molar-refractivity contribution in [3.05, 3.63) is 47.0 Å². The van der Waals surface area contributed by atoms with Gasteiger partial charge >= 0.3 is 16.4 Å². The van der Waals surface area contributed by atoms with E-state index in [9.17, 15) is 26.7 Å². The number of alkyl halides is 3. The minimum Gasteiger partial charge on any atom is -0.493 e. The average molecular weight is 545 g/mol. The van der Waals surface area contributed by atoms with Gasteiger partial charge in [0, 0.05) is 23.7 Å². The third kappa shape index (κ3) is 5.70. The average Bonchev–Trinajstić information content (AvgIpc) is 3.33. The lowest BCUT2D eigenvalue weighted by atomic mass is 10.0. The number of nitrogens with one attached hydrogen (secondary N) is 1. The van der Waals surface area contributed by atoms with Crippen LogP contribution >= 0.6 is 0 Å². The summed E-state index contributed by atoms with van der Waals surface area (Å²) in [6.45, 7) is 1.71. The number of aliphatic hydroxyl groups is 1. The van der Waals surface area contributed by atoms with Crippen LogP contribution in [-0.4, -0.2) is 58.9 Å². The van der Waals surface area contributed by atoms with Gasteiger partial charge in [0.05, 0.1) is 50.8 Å². The summed E-state index contributed by atoms with van der Waals surface area (Å²) in [5.74, 6) is 0.456. The van der Waals surface area contributed by atoms with Crippen LogP contribution in [0.25, 0.3) is 0 Å². The SMILES string of the molecule is COc1cc2c(cc1O[C@H]1CCOC1)C(=N[C@H](C)c1cc(N)cc(C(F)(F)F)c1)NS(=O)(=O)N2CCO. The van der Waals surface area contributed by atoms with E-state index in [1.54, 1.807) is 6.07 Å². The molecule has 2 aromatic carbocycles. The number of fused-ring (bicyclic) bond motifs is 1. The fourth-order valence-corrected chi connectivity index (χ4v) is 5.37. The quantitative estimate of drug-likeness (QED) is 0.456. The number of anilines is 2. The standard InChI is InChI=1S/C23H27F3N4O6S/c1-13(14-7-15(23(24,25)26)9-16(27)8-14)28-22-18-10-21(36-17-3-6-35-12-17)20(34-2)11-19(18)30(4-5-31)37(32,33)29-22/h7-11,13,17,31H,3-6,12,27H2,1-2H3,(H,28,29)/t13-,17+/m1/s1. The first-order chi connectivity index (χ1) is 17.4. The number of nitrogens with zero attached hydrogens (tertiary/aromatic N) is 2. The zero-order chi connectivity index (χ0) is 27.0. The monoisotopic (exact) mass is 544 g/mol. The first kappa shape index (κ1) is 26.8. The predicted octanol–water partition coefficient (Wildman–Crippen LogP) is 2.62. The number of halogens is 3. The van der Waals surface area contributed by atoms with Crippen LogP contribution in [0.15, 0.2) is 35.3 Å². The topological polar surface area (TPSA) is 136 Å². The summed E-state index contributed by atoms with van der Waals surface area (Å²) in [6.07, 6.45) is -4.21. The van der Waals surface area contributed by atoms with Gasteiger partial charge in [-0.25, -0.2) is 4.72 Å². The van der Waals surface area contributed by atoms with Crippen LogP contribution in [0.3, 0.4) is 0 Å². The molecule has 202 valence electrons. The molecule has 4 N–H and O–H groups in total. The fourth-order valence-electron chi connectivity index (χ4n) is 4.12. The number of aliphatic hydroxyl groups excluding tert-OH is 1. The maximum absolute atomic E-state index is 13.3. The molecule has 2 aliphatic heterocycles. The summed E-state index contributed by atoms with van der Waals surface area (Å²) in [7, 11) is -2.80. The summed E-state index contributed by atoms with van der Waals surface area (Å²) in [5.41, 5.74) is 5.26. The summed E-state index contributed by atoms with van der Waals surface area (Å²) >= 11 is 0. The minimum atomic E-state index is -4.62. The highest BCUT2D eigenvalue weighted by molar-refractivity contribution is 7.91. The van der Waals surface area contributed by atoms with Gasteiger partial charge in [-0.1, -0.05) is 0 Å². The zero-order valence-electron chi connectivity index (χ0n) is 20.1. The van der Waals surface area contributed by atoms with Crippen molar-refractivity contribution in [2.24, 2.45) is 4.99 Å². The molecule has 1 saturated heterocycles. The van der Waals surface area contributed by atoms with E-state index in [-0.39, 0.29) is 41.2 Å². The van der Waals surface area contributed by atoms with Crippen LogP contribution in [0.2, 0.25) is 0 Å². The Morgan fingerprint density at radius 1 is 1.27 bits per heavy atom. The molecule has 0 aromatic heterocycles. The molecule has 1 fully saturated rings. The molecule has 0 aliphatic carbocycles. The summed E-state index contributed by atoms with van der Waals surface area (Å²) in [5, 5.41) is 9.49. The van der Waals surface area contributed by atoms with Crippen LogP contribution < -0.4 is 24.2 Å². The number of methoxy groups -OCH3 is 1. The Morgan fingerprint density at radius 2 is 2.03 bits per heavy atom. The number of ether oxygens (including phenoxy) is 3. The van der Waals surface area contributed by atoms with Gasteiger partial charge in [0.25, 0.3) is 0 Å². The number of nitrogen functional groups attached to an aromatic ring is 1. The van der Waals surface area contributed by atoms with Crippen molar-refractivity contribution in [1.82, 2.24) is 4.72 Å². The second-order valence-corrected chi connectivity index (χ2v) is 10.2. The van der Waals surface area contributed by atoms with Crippen LogP contribution in [0, 0.1) is 0 Å². The van der Waals surface area contributed by atoms with Gasteiger partial charge in [-0.2, -0.15) is 21.6 Å². The second kappa shape index (κ2) is 10.3. The molecule has 0 spiro atoms. The molecule has 0 amide bonds. The van der Waals surface area contributed by atoms with Crippen molar-refractivity contribution >= 4 is 27.4 Å². The van der Waals surface area contributed by atoms with E-state index in [1.165, 1.54) is 26.2 Å². The minimum absolute atomic E-state index is 0.102. The van der Waals surface area contributed by atoms with Crippen molar-refractivity contribution < 1.29 is 40.9 Å². The number of nitrogens with two attached hydrogens (primary N) is 1. The van der Waals surface area contributed by atoms with E-state index in [0.29, 0.717) is 30.9 Å². The van der Waals surface area contributed by atoms with Crippen molar-refractivity contribution in [1.29, 1.82) is 0 Å². The Bertz CT molecular complexity index is 1300. The highest BCUT2D eigenvalue weighted by Gasteiger charge is 2.36. The van der Waals surface area contributed by atoms with E-state index in [2.05, 4.69) is 9.71 Å². The van der Waals surface area contributed by atoms with E-state index in [0.717, 1.165) is 16.4 Å². The first-order valence-electron chi connectivity index (χ1n) is 11.4. The Hall–Kier alpha value is -3.23. The van der Waals surface area contributed by atoms with E-state index in [1.807, 2.05) is 0 Å². The van der Waals surface area contributed by atoms with E-state index in [4.69, 9.17) is 19.9 Å². The summed E-state index contributed by atoms with van der Waals surface area (Å²) in [4.78, 5) is 4.42. The Kier molecular flexibility index (Phi) is 7.44. The van der Waals surface area contributed by atoms with Crippen molar-refractivity contribution in [3.63, 3.8) is 0 Å². The van der Waals surface area contributed by atoms with Gasteiger partial charge in [-0.15, -0.1) is 0 Å². The Balaban J connectivity index is 1.83. The lowest BCUT2D eigenvalue weighted by molar-refractivity contribution is -0.137. The molecular formula is C23H27F3N4O6S. The second-order valence-electron chi connectivity index (χ2n) is 8.57. The number of rotatable bonds is 7. The molecular weight excluding hydrogens is 517 g/mol. The van der Waals surface area contributed by atoms with Crippen molar-refractivity contribution in [2.45, 2.75) is 31.7 Å². The van der Waals surface area contributed by atoms with E-state index < -0.39 is 34.6 Å². The predicted molar refractivity (Wildman–Crippen MR) is 130 cm³/mol. The fraction of sp³-hybridized carbons (Fsp3) is 0.435. The lowest BCUT2D eigenvalue weighted by Crippen LogP contribution is -2.50. The summed E-state index contributed by atoms with van der Waals surface area (Å²) < 4.78 is 86.2. The molecule has 14 heteroatoms. The molecule has 2 aromatic rings. The maximum atomic E-state index is 13.3. The normalized spacial score (nSPS) is 20.9. The molecule has 2 heterocycles. The smallest absolute Gasteiger partial charge is 0.416 e. The number of aliphatic imine (C=N–C) groups is 1. The number of benzene rings is 2. The van der Waals surface area contributed by atoms with Crippen LogP contribution in [0.4, 0.5) is 24.5 Å². The van der Waals surface area contributed by atoms with Crippen LogP contribution in [0.1, 0.15) is 36.1 Å². The number of amidine groups is 1. The largest absolute Gasteiger partial charge is 0.493 e. The molecule has 37 heavy (non-hydrogen) atoms. The maximum Gasteiger partial charge on any atom is 0.416 e. The van der Waals surface area contributed by atoms with E-state index >= 15 is 0 Å². The first-order valence-corrected chi connectivity index (χ1v) is 12.8. The van der Waals surface area contributed by atoms with Crippen LogP contribution in [0.5, 0.6) is 11.5 Å². The molecule has 4 rings (SSSR count). The Morgan fingerprint density at radius 3 is 2.65 bits per heavy atom. The van der Waals surface area contributed by atoms with Crippen molar-refractivity contribution in [3.8, 4) is 11.5 Å². The third-order valence-corrected chi connectivity index (χ3v) is 7.33. The van der Waals surface area contributed by atoms with Gasteiger partial charge in [0.2, 0.25) is 0 Å². The van der Waals surface area contributed by atoms with Gasteiger partial charge in [-0.05, 0) is 36.8 Å². The molecule has 0 bridgehead atoms. The lowest BCUT2D eigenvalue weighted by Gasteiger charge is -2.33. The highest BCUT2D eigenvalue weighted by atomic mass is 32.2. The Labute approximate surface area is 212 Å². The molecule has 0 saturated carbocycles. The van der Waals surface area contributed by atoms with Gasteiger partial charge in [0.15, 0.2) is 11.5 Å². The molecule has 2 atom stereocenters. The number of hydrogen-bond donors (Lipinski definition) is 3. The van der Waals surface area contributed by atoms with Gasteiger partial charge in [-0.3, -0.25) is 9.30 Å². The van der Waals surface area contributed by atoms with Crippen molar-refractivity contribution in [2.75, 3.05) is 43.5 Å². The number of hydrogen-bond acceptors (Lipinski definition) is 8. The molecule has 0 unspecified atom stereocenters. The van der Waals surface area contributed by atoms with Crippen LogP contribution in [-0.2, 0) is 21.1 Å². The summed E-state index contributed by atoms with van der Waals surface area (Å²) in [6, 6.07) is 5.18. The zero-order valence-corrected chi connectivity index (χ0v) is 20.9. The highest BCUT2D eigenvalue weighted by Crippen LogP contribution is 2.40. The molecule has 10 nitrogen and oxygen atoms in total. The van der Waals surface area contributed by atoms with Gasteiger partial charge in [0.1, 0.15) is 11.9 Å².